The highest BCUT2D eigenvalue weighted by Gasteiger charge is 2.05. The van der Waals surface area contributed by atoms with Crippen LogP contribution in [0.5, 0.6) is 0 Å². The Bertz CT molecular complexity index is 558. The maximum absolute atomic E-state index is 12.9. The Labute approximate surface area is 99.5 Å². The van der Waals surface area contributed by atoms with E-state index in [4.69, 9.17) is 5.26 Å². The van der Waals surface area contributed by atoms with Gasteiger partial charge in [-0.15, -0.1) is 5.10 Å². The molecule has 1 heterocycles. The van der Waals surface area contributed by atoms with Crippen LogP contribution in [0.2, 0.25) is 0 Å². The normalized spacial score (nSPS) is 10.1. The number of benzene rings is 1. The monoisotopic (exact) mass is 280 g/mol. The van der Waals surface area contributed by atoms with Crippen molar-refractivity contribution in [2.75, 3.05) is 0 Å². The summed E-state index contributed by atoms with van der Waals surface area (Å²) in [6.07, 6.45) is 1.54. The van der Waals surface area contributed by atoms with Gasteiger partial charge in [0.15, 0.2) is 0 Å². The summed E-state index contributed by atoms with van der Waals surface area (Å²) in [5.74, 6) is -0.417. The number of nitrogens with zero attached hydrogens (tertiary/aromatic N) is 4. The summed E-state index contributed by atoms with van der Waals surface area (Å²) in [6.45, 7) is 0.391. The number of rotatable bonds is 2. The molecular weight excluding hydrogens is 275 g/mol. The summed E-state index contributed by atoms with van der Waals surface area (Å²) in [7, 11) is 0. The minimum absolute atomic E-state index is 0.312. The molecule has 0 fully saturated rings. The Morgan fingerprint density at radius 2 is 2.31 bits per heavy atom. The third-order valence-corrected chi connectivity index (χ3v) is 2.40. The molecule has 1 aromatic heterocycles. The van der Waals surface area contributed by atoms with Crippen molar-refractivity contribution < 1.29 is 4.39 Å². The average molecular weight is 281 g/mol. The first kappa shape index (κ1) is 10.8. The number of hydrogen-bond acceptors (Lipinski definition) is 3. The van der Waals surface area contributed by atoms with E-state index in [9.17, 15) is 4.39 Å². The second kappa shape index (κ2) is 4.41. The Hall–Kier alpha value is -1.74. The van der Waals surface area contributed by atoms with Crippen molar-refractivity contribution in [1.82, 2.24) is 14.8 Å². The van der Waals surface area contributed by atoms with Gasteiger partial charge < -0.3 is 0 Å². The topological polar surface area (TPSA) is 54.5 Å². The minimum Gasteiger partial charge on any atom is -0.247 e. The van der Waals surface area contributed by atoms with E-state index in [2.05, 4.69) is 26.0 Å². The summed E-state index contributed by atoms with van der Waals surface area (Å²) in [4.78, 5) is 3.90. The Kier molecular flexibility index (Phi) is 2.97. The molecule has 1 aromatic carbocycles. The van der Waals surface area contributed by atoms with E-state index < -0.39 is 5.82 Å². The molecule has 0 N–H and O–H groups in total. The van der Waals surface area contributed by atoms with Gasteiger partial charge in [0.05, 0.1) is 18.2 Å². The molecule has 6 heteroatoms. The molecule has 16 heavy (non-hydrogen) atoms. The predicted molar refractivity (Wildman–Crippen MR) is 57.9 cm³/mol. The second-order valence-electron chi connectivity index (χ2n) is 3.12. The van der Waals surface area contributed by atoms with Crippen LogP contribution in [0.15, 0.2) is 29.3 Å². The van der Waals surface area contributed by atoms with E-state index in [0.717, 1.165) is 0 Å². The Balaban J connectivity index is 2.31. The lowest BCUT2D eigenvalue weighted by Gasteiger charge is -2.03. The first-order valence-electron chi connectivity index (χ1n) is 4.42. The van der Waals surface area contributed by atoms with Crippen molar-refractivity contribution >= 4 is 15.9 Å². The van der Waals surface area contributed by atoms with Crippen LogP contribution in [-0.2, 0) is 6.54 Å². The van der Waals surface area contributed by atoms with Gasteiger partial charge in [-0.2, -0.15) is 5.26 Å². The SMILES string of the molecule is N#Cc1cc(F)ccc1Cn1cnc(Br)n1. The first-order chi connectivity index (χ1) is 7.69. The van der Waals surface area contributed by atoms with Crippen molar-refractivity contribution in [1.29, 1.82) is 5.26 Å². The van der Waals surface area contributed by atoms with Crippen LogP contribution in [0.1, 0.15) is 11.1 Å². The average Bonchev–Trinajstić information content (AvgIpc) is 2.67. The van der Waals surface area contributed by atoms with Crippen LogP contribution in [0.25, 0.3) is 0 Å². The van der Waals surface area contributed by atoms with Crippen LogP contribution in [0.4, 0.5) is 4.39 Å². The lowest BCUT2D eigenvalue weighted by atomic mass is 10.1. The largest absolute Gasteiger partial charge is 0.247 e. The molecule has 0 spiro atoms. The Morgan fingerprint density at radius 3 is 2.94 bits per heavy atom. The van der Waals surface area contributed by atoms with E-state index in [1.807, 2.05) is 6.07 Å². The van der Waals surface area contributed by atoms with E-state index in [0.29, 0.717) is 22.4 Å². The van der Waals surface area contributed by atoms with Gasteiger partial charge in [0.1, 0.15) is 12.1 Å². The number of nitriles is 1. The third kappa shape index (κ3) is 2.25. The third-order valence-electron chi connectivity index (χ3n) is 2.03. The summed E-state index contributed by atoms with van der Waals surface area (Å²) < 4.78 is 14.9. The quantitative estimate of drug-likeness (QED) is 0.847. The minimum atomic E-state index is -0.417. The molecule has 0 bridgehead atoms. The predicted octanol–water partition coefficient (Wildman–Crippen LogP) is 2.10. The van der Waals surface area contributed by atoms with Gasteiger partial charge in [0.2, 0.25) is 4.73 Å². The van der Waals surface area contributed by atoms with E-state index >= 15 is 0 Å². The standard InChI is InChI=1S/C10H6BrFN4/c11-10-14-6-16(15-10)5-7-1-2-9(12)3-8(7)4-13/h1-3,6H,5H2. The van der Waals surface area contributed by atoms with Crippen LogP contribution in [0.3, 0.4) is 0 Å². The molecule has 2 aromatic rings. The van der Waals surface area contributed by atoms with Crippen LogP contribution < -0.4 is 0 Å². The zero-order valence-corrected chi connectivity index (χ0v) is 9.65. The van der Waals surface area contributed by atoms with E-state index in [1.165, 1.54) is 18.5 Å². The maximum atomic E-state index is 12.9. The first-order valence-corrected chi connectivity index (χ1v) is 5.22. The summed E-state index contributed by atoms with van der Waals surface area (Å²) >= 11 is 3.12. The zero-order valence-electron chi connectivity index (χ0n) is 8.06. The molecule has 0 aliphatic carbocycles. The molecule has 2 rings (SSSR count). The van der Waals surface area contributed by atoms with Gasteiger partial charge in [0, 0.05) is 0 Å². The highest BCUT2D eigenvalue weighted by Crippen LogP contribution is 2.12. The van der Waals surface area contributed by atoms with Gasteiger partial charge in [0.25, 0.3) is 0 Å². The van der Waals surface area contributed by atoms with Crippen molar-refractivity contribution in [3.63, 3.8) is 0 Å². The maximum Gasteiger partial charge on any atom is 0.217 e. The molecule has 80 valence electrons. The van der Waals surface area contributed by atoms with Crippen molar-refractivity contribution in [3.05, 3.63) is 46.2 Å². The molecule has 0 saturated heterocycles. The number of halogens is 2. The van der Waals surface area contributed by atoms with Gasteiger partial charge in [-0.1, -0.05) is 6.07 Å². The molecule has 0 unspecified atom stereocenters. The fraction of sp³-hybridized carbons (Fsp3) is 0.100. The van der Waals surface area contributed by atoms with Gasteiger partial charge in [-0.25, -0.2) is 14.1 Å². The summed E-state index contributed by atoms with van der Waals surface area (Å²) in [5.41, 5.74) is 1.02. The summed E-state index contributed by atoms with van der Waals surface area (Å²) in [6, 6.07) is 6.05. The molecule has 4 nitrogen and oxygen atoms in total. The zero-order chi connectivity index (χ0) is 11.5. The number of hydrogen-bond donors (Lipinski definition) is 0. The smallest absolute Gasteiger partial charge is 0.217 e. The van der Waals surface area contributed by atoms with Crippen LogP contribution in [-0.4, -0.2) is 14.8 Å². The van der Waals surface area contributed by atoms with Crippen molar-refractivity contribution in [2.45, 2.75) is 6.54 Å². The van der Waals surface area contributed by atoms with Crippen molar-refractivity contribution in [3.8, 4) is 6.07 Å². The lowest BCUT2D eigenvalue weighted by Crippen LogP contribution is -2.02. The highest BCUT2D eigenvalue weighted by molar-refractivity contribution is 9.10. The Morgan fingerprint density at radius 1 is 1.50 bits per heavy atom. The fourth-order valence-electron chi connectivity index (χ4n) is 1.31. The fourth-order valence-corrected chi connectivity index (χ4v) is 1.61. The molecule has 0 amide bonds. The van der Waals surface area contributed by atoms with E-state index in [-0.39, 0.29) is 0 Å². The molecule has 0 radical (unpaired) electrons. The highest BCUT2D eigenvalue weighted by atomic mass is 79.9. The van der Waals surface area contributed by atoms with Gasteiger partial charge in [-0.3, -0.25) is 0 Å². The molecule has 0 aliphatic rings. The van der Waals surface area contributed by atoms with E-state index in [1.54, 1.807) is 10.7 Å². The van der Waals surface area contributed by atoms with Crippen molar-refractivity contribution in [2.24, 2.45) is 0 Å². The molecule has 0 atom stereocenters. The lowest BCUT2D eigenvalue weighted by molar-refractivity contribution is 0.623. The molecular formula is C10H6BrFN4. The summed E-state index contributed by atoms with van der Waals surface area (Å²) in [5, 5.41) is 12.9. The number of aromatic nitrogens is 3. The second-order valence-corrected chi connectivity index (χ2v) is 3.83. The van der Waals surface area contributed by atoms with Gasteiger partial charge in [-0.05, 0) is 33.6 Å². The molecule has 0 saturated carbocycles. The van der Waals surface area contributed by atoms with Crippen LogP contribution in [0, 0.1) is 17.1 Å². The van der Waals surface area contributed by atoms with Crippen LogP contribution >= 0.6 is 15.9 Å². The van der Waals surface area contributed by atoms with Gasteiger partial charge >= 0.3 is 0 Å². The molecule has 0 aliphatic heterocycles.